The molecule has 3 nitrogen and oxygen atoms in total. The van der Waals surface area contributed by atoms with E-state index in [9.17, 15) is 5.26 Å². The number of halogens is 1. The van der Waals surface area contributed by atoms with E-state index >= 15 is 0 Å². The summed E-state index contributed by atoms with van der Waals surface area (Å²) in [4.78, 5) is 2.30. The van der Waals surface area contributed by atoms with Crippen LogP contribution in [0.3, 0.4) is 0 Å². The fourth-order valence-corrected chi connectivity index (χ4v) is 3.74. The first-order valence-corrected chi connectivity index (χ1v) is 7.27. The molecule has 0 amide bonds. The first-order valence-electron chi connectivity index (χ1n) is 6.89. The first kappa shape index (κ1) is 12.8. The molecule has 1 aromatic rings. The van der Waals surface area contributed by atoms with Crippen LogP contribution in [0.25, 0.3) is 0 Å². The third-order valence-electron chi connectivity index (χ3n) is 4.57. The van der Waals surface area contributed by atoms with Crippen LogP contribution in [0.2, 0.25) is 5.02 Å². The third kappa shape index (κ3) is 2.31. The predicted octanol–water partition coefficient (Wildman–Crippen LogP) is 2.78. The maximum atomic E-state index is 9.24. The molecule has 3 unspecified atom stereocenters. The zero-order chi connectivity index (χ0) is 13.4. The monoisotopic (exact) mass is 275 g/mol. The lowest BCUT2D eigenvalue weighted by Gasteiger charge is -2.29. The van der Waals surface area contributed by atoms with Gasteiger partial charge in [0.05, 0.1) is 11.3 Å². The molecule has 1 aliphatic carbocycles. The number of hydrogen-bond acceptors (Lipinski definition) is 3. The van der Waals surface area contributed by atoms with Crippen molar-refractivity contribution in [3.8, 4) is 6.07 Å². The van der Waals surface area contributed by atoms with Gasteiger partial charge in [-0.15, -0.1) is 0 Å². The minimum Gasteiger partial charge on any atom is -0.370 e. The van der Waals surface area contributed by atoms with Crippen LogP contribution < -0.4 is 10.6 Å². The highest BCUT2D eigenvalue weighted by Gasteiger charge is 2.39. The molecule has 3 atom stereocenters. The maximum absolute atomic E-state index is 9.24. The number of anilines is 1. The van der Waals surface area contributed by atoms with Gasteiger partial charge in [0, 0.05) is 24.2 Å². The molecule has 2 N–H and O–H groups in total. The zero-order valence-electron chi connectivity index (χ0n) is 10.8. The van der Waals surface area contributed by atoms with E-state index in [0.29, 0.717) is 28.5 Å². The quantitative estimate of drug-likeness (QED) is 0.857. The van der Waals surface area contributed by atoms with Gasteiger partial charge in [-0.25, -0.2) is 0 Å². The van der Waals surface area contributed by atoms with Gasteiger partial charge in [0.2, 0.25) is 0 Å². The van der Waals surface area contributed by atoms with Crippen molar-refractivity contribution in [2.45, 2.75) is 25.3 Å². The largest absolute Gasteiger partial charge is 0.370 e. The molecule has 1 saturated carbocycles. The first-order chi connectivity index (χ1) is 9.19. The minimum absolute atomic E-state index is 0.313. The van der Waals surface area contributed by atoms with E-state index in [1.54, 1.807) is 12.1 Å². The SMILES string of the molecule is N#Cc1ccc(Cl)cc1N1CC2CCCC(N)C2C1. The molecule has 1 saturated heterocycles. The van der Waals surface area contributed by atoms with Crippen LogP contribution in [0.4, 0.5) is 5.69 Å². The Morgan fingerprint density at radius 3 is 2.89 bits per heavy atom. The standard InChI is InChI=1S/C15H18ClN3/c16-12-5-4-10(7-17)15(6-12)19-8-11-2-1-3-14(18)13(11)9-19/h4-6,11,13-14H,1-3,8-9,18H2. The molecule has 19 heavy (non-hydrogen) atoms. The van der Waals surface area contributed by atoms with Crippen molar-refractivity contribution in [3.05, 3.63) is 28.8 Å². The third-order valence-corrected chi connectivity index (χ3v) is 4.81. The van der Waals surface area contributed by atoms with Crippen LogP contribution in [0, 0.1) is 23.2 Å². The Labute approximate surface area is 118 Å². The topological polar surface area (TPSA) is 53.0 Å². The average Bonchev–Trinajstić information content (AvgIpc) is 2.84. The number of rotatable bonds is 1. The summed E-state index contributed by atoms with van der Waals surface area (Å²) >= 11 is 6.07. The summed E-state index contributed by atoms with van der Waals surface area (Å²) in [6.45, 7) is 1.97. The molecule has 3 rings (SSSR count). The van der Waals surface area contributed by atoms with Gasteiger partial charge in [0.25, 0.3) is 0 Å². The number of benzene rings is 1. The van der Waals surface area contributed by atoms with Crippen molar-refractivity contribution >= 4 is 17.3 Å². The Hall–Kier alpha value is -1.24. The number of nitrogens with zero attached hydrogens (tertiary/aromatic N) is 2. The molecular weight excluding hydrogens is 258 g/mol. The van der Waals surface area contributed by atoms with E-state index in [2.05, 4.69) is 11.0 Å². The van der Waals surface area contributed by atoms with Gasteiger partial charge in [-0.3, -0.25) is 0 Å². The normalized spacial score (nSPS) is 29.9. The van der Waals surface area contributed by atoms with Crippen LogP contribution in [-0.4, -0.2) is 19.1 Å². The van der Waals surface area contributed by atoms with Gasteiger partial charge in [-0.1, -0.05) is 18.0 Å². The predicted molar refractivity (Wildman–Crippen MR) is 77.2 cm³/mol. The molecule has 0 spiro atoms. The van der Waals surface area contributed by atoms with Crippen LogP contribution in [0.5, 0.6) is 0 Å². The van der Waals surface area contributed by atoms with Gasteiger partial charge >= 0.3 is 0 Å². The molecule has 0 bridgehead atoms. The van der Waals surface area contributed by atoms with Crippen molar-refractivity contribution < 1.29 is 0 Å². The Morgan fingerprint density at radius 2 is 2.16 bits per heavy atom. The van der Waals surface area contributed by atoms with Gasteiger partial charge < -0.3 is 10.6 Å². The summed E-state index contributed by atoms with van der Waals surface area (Å²) in [7, 11) is 0. The highest BCUT2D eigenvalue weighted by atomic mass is 35.5. The summed E-state index contributed by atoms with van der Waals surface area (Å²) in [6.07, 6.45) is 3.63. The Balaban J connectivity index is 1.88. The van der Waals surface area contributed by atoms with Gasteiger partial charge in [0.1, 0.15) is 6.07 Å². The fraction of sp³-hybridized carbons (Fsp3) is 0.533. The van der Waals surface area contributed by atoms with Crippen molar-refractivity contribution in [2.75, 3.05) is 18.0 Å². The summed E-state index contributed by atoms with van der Waals surface area (Å²) in [5, 5.41) is 9.92. The van der Waals surface area contributed by atoms with E-state index in [1.165, 1.54) is 12.8 Å². The molecule has 4 heteroatoms. The highest BCUT2D eigenvalue weighted by molar-refractivity contribution is 6.30. The van der Waals surface area contributed by atoms with Crippen LogP contribution in [0.1, 0.15) is 24.8 Å². The summed E-state index contributed by atoms with van der Waals surface area (Å²) in [6, 6.07) is 8.06. The molecule has 0 aromatic heterocycles. The summed E-state index contributed by atoms with van der Waals surface area (Å²) in [5.74, 6) is 1.24. The lowest BCUT2D eigenvalue weighted by molar-refractivity contribution is 0.260. The van der Waals surface area contributed by atoms with E-state index in [4.69, 9.17) is 17.3 Å². The second kappa shape index (κ2) is 5.03. The van der Waals surface area contributed by atoms with Crippen molar-refractivity contribution in [3.63, 3.8) is 0 Å². The van der Waals surface area contributed by atoms with Crippen LogP contribution >= 0.6 is 11.6 Å². The number of nitrogens with two attached hydrogens (primary N) is 1. The van der Waals surface area contributed by atoms with E-state index in [0.717, 1.165) is 25.2 Å². The lowest BCUT2D eigenvalue weighted by atomic mass is 9.78. The van der Waals surface area contributed by atoms with Crippen LogP contribution in [-0.2, 0) is 0 Å². The van der Waals surface area contributed by atoms with Crippen molar-refractivity contribution in [2.24, 2.45) is 17.6 Å². The van der Waals surface area contributed by atoms with E-state index in [1.807, 2.05) is 6.07 Å². The Bertz CT molecular complexity index is 523. The molecule has 1 aliphatic heterocycles. The van der Waals surface area contributed by atoms with E-state index < -0.39 is 0 Å². The Morgan fingerprint density at radius 1 is 1.32 bits per heavy atom. The van der Waals surface area contributed by atoms with Crippen molar-refractivity contribution in [1.82, 2.24) is 0 Å². The molecule has 2 aliphatic rings. The minimum atomic E-state index is 0.313. The molecule has 0 radical (unpaired) electrons. The second-order valence-electron chi connectivity index (χ2n) is 5.70. The molecule has 1 heterocycles. The molecular formula is C15H18ClN3. The fourth-order valence-electron chi connectivity index (χ4n) is 3.57. The number of nitriles is 1. The number of fused-ring (bicyclic) bond motifs is 1. The summed E-state index contributed by atoms with van der Waals surface area (Å²) < 4.78 is 0. The second-order valence-corrected chi connectivity index (χ2v) is 6.13. The average molecular weight is 276 g/mol. The highest BCUT2D eigenvalue weighted by Crippen LogP contribution is 2.38. The van der Waals surface area contributed by atoms with Gasteiger partial charge in [-0.2, -0.15) is 5.26 Å². The lowest BCUT2D eigenvalue weighted by Crippen LogP contribution is -2.38. The molecule has 1 aromatic carbocycles. The zero-order valence-corrected chi connectivity index (χ0v) is 11.6. The maximum Gasteiger partial charge on any atom is 0.101 e. The van der Waals surface area contributed by atoms with Gasteiger partial charge in [0.15, 0.2) is 0 Å². The van der Waals surface area contributed by atoms with Crippen LogP contribution in [0.15, 0.2) is 18.2 Å². The Kier molecular flexibility index (Phi) is 3.38. The summed E-state index contributed by atoms with van der Waals surface area (Å²) in [5.41, 5.74) is 7.92. The van der Waals surface area contributed by atoms with Gasteiger partial charge in [-0.05, 0) is 42.9 Å². The smallest absolute Gasteiger partial charge is 0.101 e. The van der Waals surface area contributed by atoms with E-state index in [-0.39, 0.29) is 0 Å². The molecule has 2 fully saturated rings. The van der Waals surface area contributed by atoms with Crippen molar-refractivity contribution in [1.29, 1.82) is 5.26 Å². The molecule has 100 valence electrons. The number of hydrogen-bond donors (Lipinski definition) is 1.